The molecule has 0 aliphatic carbocycles. The van der Waals surface area contributed by atoms with E-state index in [9.17, 15) is 5.11 Å². The van der Waals surface area contributed by atoms with Crippen LogP contribution >= 0.6 is 0 Å². The van der Waals surface area contributed by atoms with E-state index in [-0.39, 0.29) is 24.0 Å². The third-order valence-corrected chi connectivity index (χ3v) is 3.07. The largest absolute Gasteiger partial charge is 0.380 e. The number of aliphatic hydroxyl groups is 1. The number of aliphatic hydroxyl groups excluding tert-OH is 1. The summed E-state index contributed by atoms with van der Waals surface area (Å²) in [5.41, 5.74) is 5.32. The lowest BCUT2D eigenvalue weighted by molar-refractivity contribution is -0.0579. The highest BCUT2D eigenvalue weighted by Crippen LogP contribution is 2.32. The maximum Gasteiger partial charge on any atom is 0.200 e. The van der Waals surface area contributed by atoms with Crippen LogP contribution in [0.25, 0.3) is 0 Å². The summed E-state index contributed by atoms with van der Waals surface area (Å²) in [7, 11) is 0. The Labute approximate surface area is 108 Å². The number of ether oxygens (including phenoxy) is 3. The minimum Gasteiger partial charge on any atom is -0.380 e. The van der Waals surface area contributed by atoms with Crippen LogP contribution in [0.3, 0.4) is 0 Å². The van der Waals surface area contributed by atoms with E-state index in [1.165, 1.54) is 0 Å². The van der Waals surface area contributed by atoms with Gasteiger partial charge in [-0.2, -0.15) is 0 Å². The zero-order chi connectivity index (χ0) is 13.3. The molecule has 2 heterocycles. The zero-order valence-electron chi connectivity index (χ0n) is 11.3. The monoisotopic (exact) mass is 260 g/mol. The summed E-state index contributed by atoms with van der Waals surface area (Å²) in [6.45, 7) is 8.58. The summed E-state index contributed by atoms with van der Waals surface area (Å²) in [4.78, 5) is 2.13. The molecule has 0 aromatic rings. The van der Waals surface area contributed by atoms with Crippen LogP contribution in [0.15, 0.2) is 0 Å². The molecule has 106 valence electrons. The van der Waals surface area contributed by atoms with Crippen molar-refractivity contribution in [3.63, 3.8) is 0 Å². The van der Waals surface area contributed by atoms with E-state index >= 15 is 0 Å². The molecule has 0 saturated carbocycles. The molecule has 0 aromatic heterocycles. The lowest BCUT2D eigenvalue weighted by Crippen LogP contribution is -2.41. The number of rotatable bonds is 3. The van der Waals surface area contributed by atoms with Crippen molar-refractivity contribution in [2.24, 2.45) is 11.7 Å². The minimum absolute atomic E-state index is 0.0350. The second kappa shape index (κ2) is 5.40. The smallest absolute Gasteiger partial charge is 0.200 e. The summed E-state index contributed by atoms with van der Waals surface area (Å²) in [5, 5.41) is 9.47. The SMILES string of the molecule is CC(C)(C)OC1OC1N1CCOCC(C(N)O)C1. The Hall–Kier alpha value is -0.240. The highest BCUT2D eigenvalue weighted by molar-refractivity contribution is 4.84. The normalized spacial score (nSPS) is 36.2. The second-order valence-electron chi connectivity index (χ2n) is 5.95. The standard InChI is InChI=1S/C12H24N2O4/c1-12(2,3)18-11-10(17-11)14-4-5-16-7-8(6-14)9(13)15/h8-11,15H,4-7,13H2,1-3H3. The van der Waals surface area contributed by atoms with Crippen molar-refractivity contribution in [3.8, 4) is 0 Å². The molecule has 0 spiro atoms. The van der Waals surface area contributed by atoms with Gasteiger partial charge in [0.1, 0.15) is 6.23 Å². The van der Waals surface area contributed by atoms with E-state index in [1.807, 2.05) is 20.8 Å². The van der Waals surface area contributed by atoms with Crippen molar-refractivity contribution in [1.29, 1.82) is 0 Å². The quantitative estimate of drug-likeness (QED) is 0.536. The van der Waals surface area contributed by atoms with Crippen LogP contribution in [0.1, 0.15) is 20.8 Å². The lowest BCUT2D eigenvalue weighted by atomic mass is 10.1. The van der Waals surface area contributed by atoms with Crippen LogP contribution in [0.4, 0.5) is 0 Å². The average Bonchev–Trinajstić information content (AvgIpc) is 2.96. The fourth-order valence-corrected chi connectivity index (χ4v) is 2.08. The molecular weight excluding hydrogens is 236 g/mol. The Kier molecular flexibility index (Phi) is 4.25. The number of hydrogen-bond donors (Lipinski definition) is 2. The molecule has 6 nitrogen and oxygen atoms in total. The molecule has 0 radical (unpaired) electrons. The Morgan fingerprint density at radius 1 is 1.44 bits per heavy atom. The molecular formula is C12H24N2O4. The Morgan fingerprint density at radius 3 is 2.78 bits per heavy atom. The summed E-state index contributed by atoms with van der Waals surface area (Å²) in [5.74, 6) is -0.0769. The fraction of sp³-hybridized carbons (Fsp3) is 1.00. The molecule has 18 heavy (non-hydrogen) atoms. The minimum atomic E-state index is -0.855. The van der Waals surface area contributed by atoms with Gasteiger partial charge in [-0.3, -0.25) is 4.90 Å². The Balaban J connectivity index is 1.86. The first kappa shape index (κ1) is 14.2. The second-order valence-corrected chi connectivity index (χ2v) is 5.95. The van der Waals surface area contributed by atoms with Crippen molar-refractivity contribution in [1.82, 2.24) is 4.90 Å². The molecule has 3 N–H and O–H groups in total. The van der Waals surface area contributed by atoms with Crippen molar-refractivity contribution in [3.05, 3.63) is 0 Å². The number of hydrogen-bond acceptors (Lipinski definition) is 6. The van der Waals surface area contributed by atoms with Crippen LogP contribution in [0.5, 0.6) is 0 Å². The van der Waals surface area contributed by atoms with Crippen LogP contribution in [0, 0.1) is 5.92 Å². The maximum absolute atomic E-state index is 9.47. The molecule has 0 amide bonds. The van der Waals surface area contributed by atoms with E-state index in [1.54, 1.807) is 0 Å². The van der Waals surface area contributed by atoms with Gasteiger partial charge in [-0.1, -0.05) is 0 Å². The number of epoxide rings is 1. The zero-order valence-corrected chi connectivity index (χ0v) is 11.3. The summed E-state index contributed by atoms with van der Waals surface area (Å²) < 4.78 is 16.7. The molecule has 2 aliphatic rings. The molecule has 6 heteroatoms. The highest BCUT2D eigenvalue weighted by atomic mass is 16.8. The number of nitrogens with zero attached hydrogens (tertiary/aromatic N) is 1. The van der Waals surface area contributed by atoms with Gasteiger partial charge >= 0.3 is 0 Å². The van der Waals surface area contributed by atoms with Gasteiger partial charge in [0.15, 0.2) is 12.5 Å². The van der Waals surface area contributed by atoms with Crippen molar-refractivity contribution in [2.75, 3.05) is 26.3 Å². The van der Waals surface area contributed by atoms with Gasteiger partial charge in [0.25, 0.3) is 0 Å². The third-order valence-electron chi connectivity index (χ3n) is 3.07. The van der Waals surface area contributed by atoms with Crippen LogP contribution in [0.2, 0.25) is 0 Å². The molecule has 0 bridgehead atoms. The Morgan fingerprint density at radius 2 is 2.17 bits per heavy atom. The van der Waals surface area contributed by atoms with Crippen molar-refractivity contribution < 1.29 is 19.3 Å². The average molecular weight is 260 g/mol. The van der Waals surface area contributed by atoms with Gasteiger partial charge in [-0.15, -0.1) is 0 Å². The van der Waals surface area contributed by atoms with Crippen LogP contribution < -0.4 is 5.73 Å². The first-order valence-electron chi connectivity index (χ1n) is 6.45. The predicted octanol–water partition coefficient (Wildman–Crippen LogP) is -0.291. The lowest BCUT2D eigenvalue weighted by Gasteiger charge is -2.24. The van der Waals surface area contributed by atoms with Crippen LogP contribution in [-0.4, -0.2) is 60.7 Å². The van der Waals surface area contributed by atoms with Gasteiger partial charge in [0.05, 0.1) is 18.8 Å². The predicted molar refractivity (Wildman–Crippen MR) is 65.6 cm³/mol. The van der Waals surface area contributed by atoms with Gasteiger partial charge in [-0.05, 0) is 20.8 Å². The molecule has 2 rings (SSSR count). The first-order valence-corrected chi connectivity index (χ1v) is 6.45. The van der Waals surface area contributed by atoms with Gasteiger partial charge in [0, 0.05) is 19.0 Å². The summed E-state index contributed by atoms with van der Waals surface area (Å²) in [6.07, 6.45) is -1.07. The van der Waals surface area contributed by atoms with Crippen molar-refractivity contribution >= 4 is 0 Å². The summed E-state index contributed by atoms with van der Waals surface area (Å²) in [6, 6.07) is 0. The van der Waals surface area contributed by atoms with E-state index in [0.29, 0.717) is 19.8 Å². The maximum atomic E-state index is 9.47. The topological polar surface area (TPSA) is 80.5 Å². The highest BCUT2D eigenvalue weighted by Gasteiger charge is 2.47. The number of nitrogens with two attached hydrogens (primary N) is 1. The molecule has 0 aromatic carbocycles. The van der Waals surface area contributed by atoms with Gasteiger partial charge in [0.2, 0.25) is 0 Å². The van der Waals surface area contributed by atoms with E-state index in [2.05, 4.69) is 4.90 Å². The first-order chi connectivity index (χ1) is 8.37. The molecule has 4 atom stereocenters. The Bertz CT molecular complexity index is 280. The van der Waals surface area contributed by atoms with Crippen LogP contribution in [-0.2, 0) is 14.2 Å². The van der Waals surface area contributed by atoms with E-state index in [4.69, 9.17) is 19.9 Å². The fourth-order valence-electron chi connectivity index (χ4n) is 2.08. The molecule has 4 unspecified atom stereocenters. The summed E-state index contributed by atoms with van der Waals surface area (Å²) >= 11 is 0. The van der Waals surface area contributed by atoms with Crippen molar-refractivity contribution in [2.45, 2.75) is 45.1 Å². The van der Waals surface area contributed by atoms with Gasteiger partial charge in [-0.25, -0.2) is 0 Å². The molecule has 2 aliphatic heterocycles. The molecule has 2 fully saturated rings. The third kappa shape index (κ3) is 3.88. The molecule has 2 saturated heterocycles. The van der Waals surface area contributed by atoms with E-state index < -0.39 is 6.23 Å². The van der Waals surface area contributed by atoms with Gasteiger partial charge < -0.3 is 25.1 Å². The van der Waals surface area contributed by atoms with E-state index in [0.717, 1.165) is 6.54 Å².